The van der Waals surface area contributed by atoms with Crippen molar-refractivity contribution in [1.82, 2.24) is 0 Å². The maximum atomic E-state index is 13.6. The van der Waals surface area contributed by atoms with Crippen LogP contribution in [0.15, 0.2) is 0 Å². The Morgan fingerprint density at radius 1 is 1.27 bits per heavy atom. The van der Waals surface area contributed by atoms with Gasteiger partial charge >= 0.3 is 0 Å². The molecule has 1 saturated carbocycles. The minimum atomic E-state index is -2.53. The summed E-state index contributed by atoms with van der Waals surface area (Å²) >= 11 is 0. The van der Waals surface area contributed by atoms with Gasteiger partial charge in [0.1, 0.15) is 0 Å². The van der Waals surface area contributed by atoms with Gasteiger partial charge in [0, 0.05) is 5.41 Å². The average molecular weight is 218 g/mol. The highest BCUT2D eigenvalue weighted by Crippen LogP contribution is 2.47. The molecular formula is C13H24F2. The first-order valence-electron chi connectivity index (χ1n) is 6.27. The third-order valence-electron chi connectivity index (χ3n) is 4.22. The van der Waals surface area contributed by atoms with E-state index < -0.39 is 11.3 Å². The van der Waals surface area contributed by atoms with E-state index in [0.717, 1.165) is 32.6 Å². The van der Waals surface area contributed by atoms with Crippen molar-refractivity contribution in [2.75, 3.05) is 0 Å². The van der Waals surface area contributed by atoms with E-state index in [1.54, 1.807) is 6.92 Å². The van der Waals surface area contributed by atoms with Crippen LogP contribution in [0.4, 0.5) is 8.78 Å². The van der Waals surface area contributed by atoms with Crippen LogP contribution >= 0.6 is 0 Å². The maximum Gasteiger partial charge on any atom is 0.250 e. The van der Waals surface area contributed by atoms with Crippen LogP contribution in [0.5, 0.6) is 0 Å². The lowest BCUT2D eigenvalue weighted by atomic mass is 9.69. The second kappa shape index (κ2) is 4.80. The van der Waals surface area contributed by atoms with Crippen molar-refractivity contribution < 1.29 is 8.78 Å². The van der Waals surface area contributed by atoms with Gasteiger partial charge in [-0.15, -0.1) is 0 Å². The zero-order chi connectivity index (χ0) is 11.5. The fourth-order valence-electron chi connectivity index (χ4n) is 2.71. The highest BCUT2D eigenvalue weighted by Gasteiger charge is 2.46. The summed E-state index contributed by atoms with van der Waals surface area (Å²) in [5.74, 6) is -2.03. The number of hydrogen-bond acceptors (Lipinski definition) is 0. The van der Waals surface area contributed by atoms with Crippen molar-refractivity contribution in [3.63, 3.8) is 0 Å². The number of halogens is 2. The van der Waals surface area contributed by atoms with Crippen molar-refractivity contribution in [2.24, 2.45) is 11.3 Å². The molecular weight excluding hydrogens is 194 g/mol. The van der Waals surface area contributed by atoms with E-state index in [2.05, 4.69) is 6.92 Å². The van der Waals surface area contributed by atoms with Crippen LogP contribution in [-0.2, 0) is 0 Å². The van der Waals surface area contributed by atoms with Gasteiger partial charge in [-0.3, -0.25) is 0 Å². The van der Waals surface area contributed by atoms with Gasteiger partial charge < -0.3 is 0 Å². The summed E-state index contributed by atoms with van der Waals surface area (Å²) in [6.07, 6.45) is 6.90. The van der Waals surface area contributed by atoms with Crippen molar-refractivity contribution in [2.45, 2.75) is 71.6 Å². The van der Waals surface area contributed by atoms with Crippen molar-refractivity contribution in [3.8, 4) is 0 Å². The number of rotatable bonds is 2. The molecule has 15 heavy (non-hydrogen) atoms. The number of hydrogen-bond donors (Lipinski definition) is 0. The lowest BCUT2D eigenvalue weighted by molar-refractivity contribution is -0.116. The standard InChI is InChI=1S/C13H24F2/c1-4-11-8-6-5-7-9-12(2,10-11)13(3,14)15/h11H,4-10H2,1-3H3. The molecule has 1 rings (SSSR count). The van der Waals surface area contributed by atoms with Crippen LogP contribution in [0.3, 0.4) is 0 Å². The summed E-state index contributed by atoms with van der Waals surface area (Å²) in [6, 6.07) is 0. The van der Waals surface area contributed by atoms with Crippen molar-refractivity contribution in [1.29, 1.82) is 0 Å². The molecule has 1 aliphatic carbocycles. The summed E-state index contributed by atoms with van der Waals surface area (Å²) in [7, 11) is 0. The second-order valence-corrected chi connectivity index (χ2v) is 5.53. The van der Waals surface area contributed by atoms with Crippen LogP contribution in [0.2, 0.25) is 0 Å². The van der Waals surface area contributed by atoms with Gasteiger partial charge in [0.2, 0.25) is 0 Å². The summed E-state index contributed by atoms with van der Waals surface area (Å²) < 4.78 is 27.2. The van der Waals surface area contributed by atoms with Gasteiger partial charge in [0.15, 0.2) is 0 Å². The van der Waals surface area contributed by atoms with Gasteiger partial charge in [-0.25, -0.2) is 8.78 Å². The maximum absolute atomic E-state index is 13.6. The molecule has 0 aromatic rings. The van der Waals surface area contributed by atoms with Gasteiger partial charge in [-0.05, 0) is 25.7 Å². The quantitative estimate of drug-likeness (QED) is 0.610. The zero-order valence-corrected chi connectivity index (χ0v) is 10.3. The lowest BCUT2D eigenvalue weighted by Crippen LogP contribution is -2.38. The third-order valence-corrected chi connectivity index (χ3v) is 4.22. The molecule has 0 spiro atoms. The Balaban J connectivity index is 2.75. The molecule has 2 heteroatoms. The minimum Gasteiger partial charge on any atom is -0.207 e. The summed E-state index contributed by atoms with van der Waals surface area (Å²) in [5, 5.41) is 0. The molecule has 0 radical (unpaired) electrons. The molecule has 0 N–H and O–H groups in total. The zero-order valence-electron chi connectivity index (χ0n) is 10.3. The van der Waals surface area contributed by atoms with Crippen LogP contribution in [-0.4, -0.2) is 5.92 Å². The Kier molecular flexibility index (Phi) is 4.13. The average Bonchev–Trinajstić information content (AvgIpc) is 2.09. The van der Waals surface area contributed by atoms with E-state index in [1.165, 1.54) is 6.42 Å². The molecule has 90 valence electrons. The Hall–Kier alpha value is -0.140. The van der Waals surface area contributed by atoms with E-state index in [0.29, 0.717) is 18.8 Å². The summed E-state index contributed by atoms with van der Waals surface area (Å²) in [4.78, 5) is 0. The predicted molar refractivity (Wildman–Crippen MR) is 60.2 cm³/mol. The molecule has 2 unspecified atom stereocenters. The molecule has 0 aromatic heterocycles. The molecule has 0 bridgehead atoms. The summed E-state index contributed by atoms with van der Waals surface area (Å²) in [5.41, 5.74) is -0.770. The minimum absolute atomic E-state index is 0.501. The normalized spacial score (nSPS) is 34.6. The fourth-order valence-corrected chi connectivity index (χ4v) is 2.71. The van der Waals surface area contributed by atoms with Gasteiger partial charge in [-0.2, -0.15) is 0 Å². The Bertz CT molecular complexity index is 195. The molecule has 0 aliphatic heterocycles. The molecule has 1 aliphatic rings. The number of alkyl halides is 2. The first kappa shape index (κ1) is 12.9. The first-order valence-corrected chi connectivity index (χ1v) is 6.27. The van der Waals surface area contributed by atoms with E-state index in [1.807, 2.05) is 0 Å². The van der Waals surface area contributed by atoms with E-state index in [-0.39, 0.29) is 0 Å². The van der Waals surface area contributed by atoms with Gasteiger partial charge in [-0.1, -0.05) is 46.0 Å². The van der Waals surface area contributed by atoms with Crippen LogP contribution in [0.1, 0.15) is 65.7 Å². The molecule has 2 atom stereocenters. The third kappa shape index (κ3) is 3.15. The molecule has 0 heterocycles. The van der Waals surface area contributed by atoms with Gasteiger partial charge in [0.25, 0.3) is 5.92 Å². The molecule has 0 saturated heterocycles. The Morgan fingerprint density at radius 2 is 1.93 bits per heavy atom. The summed E-state index contributed by atoms with van der Waals surface area (Å²) in [6.45, 7) is 5.00. The van der Waals surface area contributed by atoms with E-state index in [9.17, 15) is 8.78 Å². The van der Waals surface area contributed by atoms with Crippen molar-refractivity contribution in [3.05, 3.63) is 0 Å². The smallest absolute Gasteiger partial charge is 0.207 e. The highest BCUT2D eigenvalue weighted by atomic mass is 19.3. The Morgan fingerprint density at radius 3 is 2.47 bits per heavy atom. The lowest BCUT2D eigenvalue weighted by Gasteiger charge is -2.39. The predicted octanol–water partition coefficient (Wildman–Crippen LogP) is 5.03. The Labute approximate surface area is 92.4 Å². The highest BCUT2D eigenvalue weighted by molar-refractivity contribution is 4.88. The van der Waals surface area contributed by atoms with Crippen LogP contribution in [0, 0.1) is 11.3 Å². The molecule has 0 amide bonds. The molecule has 0 aromatic carbocycles. The second-order valence-electron chi connectivity index (χ2n) is 5.53. The van der Waals surface area contributed by atoms with Gasteiger partial charge in [0.05, 0.1) is 0 Å². The van der Waals surface area contributed by atoms with Crippen molar-refractivity contribution >= 4 is 0 Å². The van der Waals surface area contributed by atoms with E-state index in [4.69, 9.17) is 0 Å². The first-order chi connectivity index (χ1) is 6.89. The fraction of sp³-hybridized carbons (Fsp3) is 1.00. The SMILES string of the molecule is CCC1CCCCCC(C)(C(C)(F)F)C1. The largest absolute Gasteiger partial charge is 0.250 e. The monoisotopic (exact) mass is 218 g/mol. The van der Waals surface area contributed by atoms with E-state index >= 15 is 0 Å². The van der Waals surface area contributed by atoms with Crippen LogP contribution in [0.25, 0.3) is 0 Å². The van der Waals surface area contributed by atoms with Crippen LogP contribution < -0.4 is 0 Å². The topological polar surface area (TPSA) is 0 Å². The molecule has 0 nitrogen and oxygen atoms in total. The molecule has 1 fully saturated rings.